The van der Waals surface area contributed by atoms with Crippen molar-refractivity contribution in [1.29, 1.82) is 0 Å². The fraction of sp³-hybridized carbons (Fsp3) is 0.120. The van der Waals surface area contributed by atoms with Crippen molar-refractivity contribution in [3.8, 4) is 22.7 Å². The summed E-state index contributed by atoms with van der Waals surface area (Å²) in [6.07, 6.45) is 1.81. The molecule has 0 radical (unpaired) electrons. The summed E-state index contributed by atoms with van der Waals surface area (Å²) in [5.74, 6) is 1.64. The molecule has 0 atom stereocenters. The molecule has 5 nitrogen and oxygen atoms in total. The molecule has 1 N–H and O–H groups in total. The molecule has 30 heavy (non-hydrogen) atoms. The van der Waals surface area contributed by atoms with Gasteiger partial charge in [0.15, 0.2) is 0 Å². The predicted molar refractivity (Wildman–Crippen MR) is 121 cm³/mol. The predicted octanol–water partition coefficient (Wildman–Crippen LogP) is 4.97. The average molecular weight is 394 g/mol. The average Bonchev–Trinajstić information content (AvgIpc) is 3.22. The van der Waals surface area contributed by atoms with Crippen LogP contribution in [0.15, 0.2) is 79.1 Å². The number of nitrogens with one attached hydrogen (secondary N) is 1. The van der Waals surface area contributed by atoms with Gasteiger partial charge in [-0.1, -0.05) is 36.4 Å². The molecule has 3 aromatic carbocycles. The maximum Gasteiger partial charge on any atom is 0.139 e. The lowest BCUT2D eigenvalue weighted by Gasteiger charge is -2.08. The van der Waals surface area contributed by atoms with Gasteiger partial charge in [-0.2, -0.15) is 0 Å². The minimum absolute atomic E-state index is 0.796. The van der Waals surface area contributed by atoms with Crippen molar-refractivity contribution in [2.75, 3.05) is 14.2 Å². The Bertz CT molecular complexity index is 1340. The molecule has 0 unspecified atom stereocenters. The van der Waals surface area contributed by atoms with Gasteiger partial charge < -0.3 is 10.1 Å². The molecular formula is C25H22N4O. The lowest BCUT2D eigenvalue weighted by atomic mass is 10.0. The Hall–Kier alpha value is -3.70. The molecule has 0 saturated heterocycles. The lowest BCUT2D eigenvalue weighted by Crippen LogP contribution is -2.04. The molecular weight excluding hydrogens is 372 g/mol. The van der Waals surface area contributed by atoms with E-state index in [2.05, 4.69) is 58.8 Å². The van der Waals surface area contributed by atoms with Crippen molar-refractivity contribution in [3.63, 3.8) is 0 Å². The number of imidazole rings is 1. The van der Waals surface area contributed by atoms with E-state index in [-0.39, 0.29) is 0 Å². The Morgan fingerprint density at radius 1 is 0.867 bits per heavy atom. The van der Waals surface area contributed by atoms with E-state index in [1.807, 2.05) is 42.2 Å². The number of ether oxygens (including phenoxy) is 1. The summed E-state index contributed by atoms with van der Waals surface area (Å²) in [4.78, 5) is 9.44. The van der Waals surface area contributed by atoms with Crippen LogP contribution in [0.5, 0.6) is 5.75 Å². The van der Waals surface area contributed by atoms with Crippen molar-refractivity contribution in [2.24, 2.45) is 0 Å². The number of benzene rings is 3. The molecule has 0 fully saturated rings. The van der Waals surface area contributed by atoms with Gasteiger partial charge >= 0.3 is 0 Å². The Balaban J connectivity index is 1.55. The van der Waals surface area contributed by atoms with Crippen LogP contribution < -0.4 is 10.1 Å². The second-order valence-corrected chi connectivity index (χ2v) is 7.27. The molecule has 0 bridgehead atoms. The fourth-order valence-electron chi connectivity index (χ4n) is 3.74. The maximum absolute atomic E-state index is 5.30. The summed E-state index contributed by atoms with van der Waals surface area (Å²) in [5, 5.41) is 4.29. The van der Waals surface area contributed by atoms with Crippen LogP contribution in [0, 0.1) is 0 Å². The lowest BCUT2D eigenvalue weighted by molar-refractivity contribution is 0.415. The molecule has 5 aromatic rings. The van der Waals surface area contributed by atoms with Crippen molar-refractivity contribution in [1.82, 2.24) is 19.9 Å². The van der Waals surface area contributed by atoms with E-state index in [1.165, 1.54) is 11.1 Å². The highest BCUT2D eigenvalue weighted by Crippen LogP contribution is 2.26. The molecule has 0 aliphatic rings. The first-order chi connectivity index (χ1) is 14.7. The van der Waals surface area contributed by atoms with Gasteiger partial charge in [0.1, 0.15) is 17.9 Å². The molecule has 0 amide bonds. The van der Waals surface area contributed by atoms with Crippen LogP contribution in [-0.2, 0) is 6.54 Å². The van der Waals surface area contributed by atoms with Gasteiger partial charge in [-0.3, -0.25) is 4.57 Å². The van der Waals surface area contributed by atoms with Crippen molar-refractivity contribution in [2.45, 2.75) is 6.54 Å². The van der Waals surface area contributed by atoms with Crippen LogP contribution >= 0.6 is 0 Å². The van der Waals surface area contributed by atoms with Crippen LogP contribution in [0.4, 0.5) is 0 Å². The molecule has 0 aliphatic carbocycles. The van der Waals surface area contributed by atoms with E-state index in [0.717, 1.165) is 45.6 Å². The number of hydrogen-bond acceptors (Lipinski definition) is 4. The van der Waals surface area contributed by atoms with Gasteiger partial charge in [0.05, 0.1) is 23.7 Å². The Morgan fingerprint density at radius 3 is 2.47 bits per heavy atom. The highest BCUT2D eigenvalue weighted by atomic mass is 16.5. The number of nitrogens with zero attached hydrogens (tertiary/aromatic N) is 3. The molecule has 5 rings (SSSR count). The Morgan fingerprint density at radius 2 is 1.67 bits per heavy atom. The smallest absolute Gasteiger partial charge is 0.139 e. The zero-order valence-electron chi connectivity index (χ0n) is 17.0. The number of fused-ring (bicyclic) bond motifs is 2. The normalized spacial score (nSPS) is 11.3. The first kappa shape index (κ1) is 18.3. The third kappa shape index (κ3) is 3.29. The summed E-state index contributed by atoms with van der Waals surface area (Å²) < 4.78 is 7.31. The number of hydrogen-bond donors (Lipinski definition) is 1. The molecule has 148 valence electrons. The highest BCUT2D eigenvalue weighted by molar-refractivity contribution is 5.86. The van der Waals surface area contributed by atoms with Crippen molar-refractivity contribution < 1.29 is 4.74 Å². The van der Waals surface area contributed by atoms with E-state index in [4.69, 9.17) is 9.72 Å². The molecule has 2 heterocycles. The summed E-state index contributed by atoms with van der Waals surface area (Å²) >= 11 is 0. The second-order valence-electron chi connectivity index (χ2n) is 7.27. The summed E-state index contributed by atoms with van der Waals surface area (Å²) in [7, 11) is 3.62. The molecule has 0 saturated carbocycles. The van der Waals surface area contributed by atoms with Crippen LogP contribution in [-0.4, -0.2) is 28.7 Å². The number of pyridine rings is 1. The minimum atomic E-state index is 0.796. The second kappa shape index (κ2) is 7.61. The van der Waals surface area contributed by atoms with Crippen LogP contribution in [0.3, 0.4) is 0 Å². The molecule has 2 aromatic heterocycles. The van der Waals surface area contributed by atoms with Crippen LogP contribution in [0.2, 0.25) is 0 Å². The summed E-state index contributed by atoms with van der Waals surface area (Å²) in [6.45, 7) is 0.869. The first-order valence-electron chi connectivity index (χ1n) is 9.91. The molecule has 5 heteroatoms. The Labute approximate surface area is 175 Å². The first-order valence-corrected chi connectivity index (χ1v) is 9.91. The quantitative estimate of drug-likeness (QED) is 0.457. The Kier molecular flexibility index (Phi) is 4.65. The van der Waals surface area contributed by atoms with Gasteiger partial charge in [-0.05, 0) is 54.1 Å². The topological polar surface area (TPSA) is 52.0 Å². The van der Waals surface area contributed by atoms with Crippen LogP contribution in [0.25, 0.3) is 38.9 Å². The third-order valence-corrected chi connectivity index (χ3v) is 5.35. The van der Waals surface area contributed by atoms with E-state index in [1.54, 1.807) is 7.11 Å². The van der Waals surface area contributed by atoms with E-state index in [9.17, 15) is 0 Å². The summed E-state index contributed by atoms with van der Waals surface area (Å²) in [6, 6.07) is 25.1. The van der Waals surface area contributed by atoms with Gasteiger partial charge in [-0.15, -0.1) is 0 Å². The third-order valence-electron chi connectivity index (χ3n) is 5.35. The number of rotatable bonds is 5. The highest BCUT2D eigenvalue weighted by Gasteiger charge is 2.09. The standard InChI is InChI=1S/C25H22N4O/c1-26-15-17-3-5-18(6-4-17)20-8-7-19-9-12-25(28-22(19)13-20)29-16-27-23-14-21(30-2)10-11-24(23)29/h3-14,16,26H,15H2,1-2H3. The van der Waals surface area contributed by atoms with Gasteiger partial charge in [-0.25, -0.2) is 9.97 Å². The molecule has 0 spiro atoms. The zero-order chi connectivity index (χ0) is 20.5. The van der Waals surface area contributed by atoms with Gasteiger partial charge in [0.2, 0.25) is 0 Å². The van der Waals surface area contributed by atoms with Crippen LogP contribution in [0.1, 0.15) is 5.56 Å². The summed E-state index contributed by atoms with van der Waals surface area (Å²) in [5.41, 5.74) is 6.45. The van der Waals surface area contributed by atoms with E-state index < -0.39 is 0 Å². The van der Waals surface area contributed by atoms with Crippen molar-refractivity contribution >= 4 is 21.9 Å². The van der Waals surface area contributed by atoms with E-state index in [0.29, 0.717) is 0 Å². The SMILES string of the molecule is CNCc1ccc(-c2ccc3ccc(-n4cnc5cc(OC)ccc54)nc3c2)cc1. The monoisotopic (exact) mass is 394 g/mol. The number of methoxy groups -OCH3 is 1. The largest absolute Gasteiger partial charge is 0.497 e. The van der Waals surface area contributed by atoms with Crippen molar-refractivity contribution in [3.05, 3.63) is 84.7 Å². The maximum atomic E-state index is 5.30. The number of aromatic nitrogens is 3. The zero-order valence-corrected chi connectivity index (χ0v) is 17.0. The van der Waals surface area contributed by atoms with Gasteiger partial charge in [0, 0.05) is 18.0 Å². The van der Waals surface area contributed by atoms with E-state index >= 15 is 0 Å². The minimum Gasteiger partial charge on any atom is -0.497 e. The molecule has 0 aliphatic heterocycles. The fourth-order valence-corrected chi connectivity index (χ4v) is 3.74. The van der Waals surface area contributed by atoms with Gasteiger partial charge in [0.25, 0.3) is 0 Å².